The van der Waals surface area contributed by atoms with Crippen molar-refractivity contribution in [1.29, 1.82) is 0 Å². The first kappa shape index (κ1) is 15.7. The van der Waals surface area contributed by atoms with Crippen LogP contribution < -0.4 is 0 Å². The van der Waals surface area contributed by atoms with Crippen molar-refractivity contribution in [3.05, 3.63) is 71.3 Å². The van der Waals surface area contributed by atoms with Crippen LogP contribution in [0.5, 0.6) is 0 Å². The van der Waals surface area contributed by atoms with Gasteiger partial charge in [0.25, 0.3) is 0 Å². The van der Waals surface area contributed by atoms with Crippen molar-refractivity contribution in [3.8, 4) is 0 Å². The van der Waals surface area contributed by atoms with E-state index in [0.717, 1.165) is 5.56 Å². The molecule has 0 aliphatic carbocycles. The SMILES string of the molecule is CN(Cc1ccccc1)S(=O)(=O)Cc1cccc(CO)c1. The normalized spacial score (nSPS) is 11.8. The predicted molar refractivity (Wildman–Crippen MR) is 82.9 cm³/mol. The highest BCUT2D eigenvalue weighted by Crippen LogP contribution is 2.14. The van der Waals surface area contributed by atoms with Gasteiger partial charge < -0.3 is 5.11 Å². The molecule has 0 aliphatic rings. The van der Waals surface area contributed by atoms with Gasteiger partial charge in [-0.05, 0) is 16.7 Å². The fourth-order valence-corrected chi connectivity index (χ4v) is 3.24. The van der Waals surface area contributed by atoms with Crippen molar-refractivity contribution in [1.82, 2.24) is 4.31 Å². The van der Waals surface area contributed by atoms with E-state index in [1.165, 1.54) is 4.31 Å². The third kappa shape index (κ3) is 4.39. The number of aliphatic hydroxyl groups excluding tert-OH is 1. The molecule has 0 fully saturated rings. The molecule has 0 radical (unpaired) electrons. The molecule has 0 amide bonds. The summed E-state index contributed by atoms with van der Waals surface area (Å²) in [5.74, 6) is -0.0653. The third-order valence-electron chi connectivity index (χ3n) is 3.25. The van der Waals surface area contributed by atoms with Gasteiger partial charge >= 0.3 is 0 Å². The number of nitrogens with zero attached hydrogens (tertiary/aromatic N) is 1. The van der Waals surface area contributed by atoms with Gasteiger partial charge in [0.15, 0.2) is 0 Å². The molecule has 112 valence electrons. The number of benzene rings is 2. The molecule has 0 spiro atoms. The molecule has 0 atom stereocenters. The lowest BCUT2D eigenvalue weighted by molar-refractivity contribution is 0.281. The van der Waals surface area contributed by atoms with Crippen LogP contribution >= 0.6 is 0 Å². The quantitative estimate of drug-likeness (QED) is 0.889. The lowest BCUT2D eigenvalue weighted by Crippen LogP contribution is -2.27. The van der Waals surface area contributed by atoms with Crippen LogP contribution in [0.4, 0.5) is 0 Å². The summed E-state index contributed by atoms with van der Waals surface area (Å²) < 4.78 is 26.1. The fraction of sp³-hybridized carbons (Fsp3) is 0.250. The van der Waals surface area contributed by atoms with Gasteiger partial charge in [-0.2, -0.15) is 0 Å². The van der Waals surface area contributed by atoms with E-state index in [4.69, 9.17) is 5.11 Å². The Bertz CT molecular complexity index is 684. The van der Waals surface area contributed by atoms with Crippen molar-refractivity contribution in [3.63, 3.8) is 0 Å². The minimum Gasteiger partial charge on any atom is -0.392 e. The van der Waals surface area contributed by atoms with Crippen molar-refractivity contribution in [2.45, 2.75) is 18.9 Å². The topological polar surface area (TPSA) is 57.6 Å². The zero-order chi connectivity index (χ0) is 15.3. The largest absolute Gasteiger partial charge is 0.392 e. The van der Waals surface area contributed by atoms with Crippen LogP contribution in [0.25, 0.3) is 0 Å². The standard InChI is InChI=1S/C16H19NO3S/c1-17(11-14-6-3-2-4-7-14)21(19,20)13-16-9-5-8-15(10-16)12-18/h2-10,18H,11-13H2,1H3. The average Bonchev–Trinajstić information content (AvgIpc) is 2.48. The Labute approximate surface area is 125 Å². The van der Waals surface area contributed by atoms with Crippen molar-refractivity contribution < 1.29 is 13.5 Å². The van der Waals surface area contributed by atoms with Crippen LogP contribution in [0.2, 0.25) is 0 Å². The summed E-state index contributed by atoms with van der Waals surface area (Å²) in [7, 11) is -1.80. The molecule has 0 saturated carbocycles. The molecule has 0 aliphatic heterocycles. The molecule has 0 aromatic heterocycles. The van der Waals surface area contributed by atoms with Crippen molar-refractivity contribution >= 4 is 10.0 Å². The number of aliphatic hydroxyl groups is 1. The smallest absolute Gasteiger partial charge is 0.218 e. The molecule has 5 heteroatoms. The number of hydrogen-bond donors (Lipinski definition) is 1. The van der Waals surface area contributed by atoms with Gasteiger partial charge in [-0.3, -0.25) is 0 Å². The maximum Gasteiger partial charge on any atom is 0.218 e. The monoisotopic (exact) mass is 305 g/mol. The van der Waals surface area contributed by atoms with E-state index >= 15 is 0 Å². The second-order valence-corrected chi connectivity index (χ2v) is 7.05. The number of hydrogen-bond acceptors (Lipinski definition) is 3. The van der Waals surface area contributed by atoms with Crippen LogP contribution in [-0.4, -0.2) is 24.9 Å². The van der Waals surface area contributed by atoms with E-state index in [1.54, 1.807) is 31.3 Å². The molecule has 21 heavy (non-hydrogen) atoms. The molecular formula is C16H19NO3S. The molecular weight excluding hydrogens is 286 g/mol. The number of sulfonamides is 1. The molecule has 1 N–H and O–H groups in total. The Morgan fingerprint density at radius 1 is 0.952 bits per heavy atom. The molecule has 0 bridgehead atoms. The predicted octanol–water partition coefficient (Wildman–Crippen LogP) is 2.14. The van der Waals surface area contributed by atoms with Crippen LogP contribution in [0.1, 0.15) is 16.7 Å². The van der Waals surface area contributed by atoms with Crippen LogP contribution in [0, 0.1) is 0 Å². The minimum absolute atomic E-state index is 0.0653. The highest BCUT2D eigenvalue weighted by Gasteiger charge is 2.18. The Hall–Kier alpha value is -1.69. The number of rotatable bonds is 6. The Morgan fingerprint density at radius 3 is 2.24 bits per heavy atom. The lowest BCUT2D eigenvalue weighted by Gasteiger charge is -2.17. The molecule has 2 rings (SSSR count). The highest BCUT2D eigenvalue weighted by molar-refractivity contribution is 7.88. The molecule has 0 heterocycles. The first-order valence-corrected chi connectivity index (χ1v) is 8.29. The molecule has 2 aromatic rings. The van der Waals surface area contributed by atoms with Crippen molar-refractivity contribution in [2.75, 3.05) is 7.05 Å². The summed E-state index contributed by atoms with van der Waals surface area (Å²) in [5, 5.41) is 9.10. The summed E-state index contributed by atoms with van der Waals surface area (Å²) in [6, 6.07) is 16.5. The first-order chi connectivity index (χ1) is 10.0. The van der Waals surface area contributed by atoms with E-state index in [0.29, 0.717) is 17.7 Å². The second-order valence-electron chi connectivity index (χ2n) is 4.98. The van der Waals surface area contributed by atoms with Gasteiger partial charge in [0.2, 0.25) is 10.0 Å². The van der Waals surface area contributed by atoms with E-state index in [9.17, 15) is 8.42 Å². The average molecular weight is 305 g/mol. The molecule has 2 aromatic carbocycles. The fourth-order valence-electron chi connectivity index (χ4n) is 2.08. The van der Waals surface area contributed by atoms with E-state index < -0.39 is 10.0 Å². The summed E-state index contributed by atoms with van der Waals surface area (Å²) >= 11 is 0. The molecule has 4 nitrogen and oxygen atoms in total. The Morgan fingerprint density at radius 2 is 1.57 bits per heavy atom. The zero-order valence-electron chi connectivity index (χ0n) is 11.9. The van der Waals surface area contributed by atoms with Gasteiger partial charge in [-0.15, -0.1) is 0 Å². The maximum absolute atomic E-state index is 12.4. The van der Waals surface area contributed by atoms with E-state index in [-0.39, 0.29) is 12.4 Å². The van der Waals surface area contributed by atoms with Crippen LogP contribution in [0.3, 0.4) is 0 Å². The molecule has 0 saturated heterocycles. The van der Waals surface area contributed by atoms with E-state index in [2.05, 4.69) is 0 Å². The Kier molecular flexibility index (Phi) is 5.12. The van der Waals surface area contributed by atoms with Crippen LogP contribution in [-0.2, 0) is 28.9 Å². The zero-order valence-corrected chi connectivity index (χ0v) is 12.8. The van der Waals surface area contributed by atoms with Gasteiger partial charge in [-0.25, -0.2) is 12.7 Å². The summed E-state index contributed by atoms with van der Waals surface area (Å²) in [5.41, 5.74) is 2.35. The van der Waals surface area contributed by atoms with Gasteiger partial charge in [-0.1, -0.05) is 54.6 Å². The highest BCUT2D eigenvalue weighted by atomic mass is 32.2. The van der Waals surface area contributed by atoms with Gasteiger partial charge in [0.1, 0.15) is 0 Å². The minimum atomic E-state index is -3.38. The van der Waals surface area contributed by atoms with Gasteiger partial charge in [0.05, 0.1) is 12.4 Å². The van der Waals surface area contributed by atoms with Crippen LogP contribution in [0.15, 0.2) is 54.6 Å². The second kappa shape index (κ2) is 6.85. The lowest BCUT2D eigenvalue weighted by atomic mass is 10.1. The molecule has 0 unspecified atom stereocenters. The van der Waals surface area contributed by atoms with Crippen molar-refractivity contribution in [2.24, 2.45) is 0 Å². The first-order valence-electron chi connectivity index (χ1n) is 6.68. The Balaban J connectivity index is 2.10. The summed E-state index contributed by atoms with van der Waals surface area (Å²) in [4.78, 5) is 0. The van der Waals surface area contributed by atoms with Gasteiger partial charge in [0, 0.05) is 13.6 Å². The summed E-state index contributed by atoms with van der Waals surface area (Å²) in [6.45, 7) is 0.261. The maximum atomic E-state index is 12.4. The summed E-state index contributed by atoms with van der Waals surface area (Å²) in [6.07, 6.45) is 0. The third-order valence-corrected chi connectivity index (χ3v) is 5.02. The van der Waals surface area contributed by atoms with E-state index in [1.807, 2.05) is 30.3 Å².